The lowest BCUT2D eigenvalue weighted by atomic mass is 10.0. The summed E-state index contributed by atoms with van der Waals surface area (Å²) in [5, 5.41) is 13.3. The van der Waals surface area contributed by atoms with Crippen LogP contribution in [0.4, 0.5) is 5.69 Å². The van der Waals surface area contributed by atoms with Gasteiger partial charge in [-0.2, -0.15) is 0 Å². The second-order valence-electron chi connectivity index (χ2n) is 5.03. The first-order chi connectivity index (χ1) is 11.9. The Balaban J connectivity index is 2.80. The molecule has 1 aromatic carbocycles. The van der Waals surface area contributed by atoms with Gasteiger partial charge in [0.05, 0.1) is 25.2 Å². The van der Waals surface area contributed by atoms with Crippen molar-refractivity contribution < 1.29 is 28.7 Å². The van der Waals surface area contributed by atoms with Crippen molar-refractivity contribution in [1.82, 2.24) is 5.32 Å². The van der Waals surface area contributed by atoms with E-state index >= 15 is 0 Å². The molecular formula is C15H21N3O7. The molecule has 0 heterocycles. The Bertz CT molecular complexity index is 621. The Labute approximate surface area is 144 Å². The Hall–Kier alpha value is -2.72. The fraction of sp³-hybridized carbons (Fsp3) is 0.467. The van der Waals surface area contributed by atoms with Crippen LogP contribution in [0.3, 0.4) is 0 Å². The molecule has 3 N–H and O–H groups in total. The molecule has 10 heteroatoms. The third kappa shape index (κ3) is 6.73. The molecule has 10 nitrogen and oxygen atoms in total. The van der Waals surface area contributed by atoms with Gasteiger partial charge in [-0.3, -0.25) is 19.7 Å². The number of amides is 2. The van der Waals surface area contributed by atoms with Crippen LogP contribution < -0.4 is 15.8 Å². The average Bonchev–Trinajstić information content (AvgIpc) is 2.57. The van der Waals surface area contributed by atoms with E-state index in [1.807, 2.05) is 0 Å². The van der Waals surface area contributed by atoms with E-state index in [0.717, 1.165) is 0 Å². The number of rotatable bonds is 11. The Morgan fingerprint density at radius 3 is 2.60 bits per heavy atom. The van der Waals surface area contributed by atoms with E-state index in [1.54, 1.807) is 0 Å². The molecule has 1 aromatic rings. The molecule has 1 rings (SSSR count). The molecule has 0 aliphatic heterocycles. The number of ether oxygens (including phenoxy) is 3. The zero-order valence-corrected chi connectivity index (χ0v) is 14.0. The summed E-state index contributed by atoms with van der Waals surface area (Å²) in [6, 6.07) is 2.91. The predicted molar refractivity (Wildman–Crippen MR) is 87.2 cm³/mol. The summed E-state index contributed by atoms with van der Waals surface area (Å²) in [4.78, 5) is 33.8. The maximum Gasteiger partial charge on any atom is 0.269 e. The second-order valence-corrected chi connectivity index (χ2v) is 5.03. The lowest BCUT2D eigenvalue weighted by Gasteiger charge is -2.17. The number of nitrogens with two attached hydrogens (primary N) is 1. The molecule has 25 heavy (non-hydrogen) atoms. The van der Waals surface area contributed by atoms with Crippen LogP contribution in [0.2, 0.25) is 0 Å². The molecule has 0 unspecified atom stereocenters. The van der Waals surface area contributed by atoms with Crippen LogP contribution in [0.25, 0.3) is 0 Å². The highest BCUT2D eigenvalue weighted by molar-refractivity contribution is 5.87. The number of carbonyl (C=O) groups excluding carboxylic acids is 2. The highest BCUT2D eigenvalue weighted by Gasteiger charge is 2.22. The van der Waals surface area contributed by atoms with E-state index < -0.39 is 22.8 Å². The highest BCUT2D eigenvalue weighted by Crippen LogP contribution is 2.25. The first kappa shape index (κ1) is 20.3. The van der Waals surface area contributed by atoms with Crippen LogP contribution in [0.1, 0.15) is 5.56 Å². The van der Waals surface area contributed by atoms with Gasteiger partial charge < -0.3 is 25.3 Å². The van der Waals surface area contributed by atoms with Crippen LogP contribution in [0.15, 0.2) is 18.2 Å². The fourth-order valence-electron chi connectivity index (χ4n) is 2.02. The van der Waals surface area contributed by atoms with Crippen molar-refractivity contribution in [2.75, 3.05) is 34.0 Å². The van der Waals surface area contributed by atoms with Crippen molar-refractivity contribution in [3.8, 4) is 5.75 Å². The predicted octanol–water partition coefficient (Wildman–Crippen LogP) is -0.221. The molecule has 0 fully saturated rings. The van der Waals surface area contributed by atoms with Gasteiger partial charge in [0.1, 0.15) is 18.4 Å². The van der Waals surface area contributed by atoms with Crippen molar-refractivity contribution >= 4 is 17.5 Å². The molecule has 0 saturated carbocycles. The summed E-state index contributed by atoms with van der Waals surface area (Å²) < 4.78 is 15.0. The highest BCUT2D eigenvalue weighted by atomic mass is 16.6. The maximum atomic E-state index is 11.8. The largest absolute Gasteiger partial charge is 0.496 e. The third-order valence-corrected chi connectivity index (χ3v) is 3.24. The van der Waals surface area contributed by atoms with Crippen molar-refractivity contribution in [2.24, 2.45) is 5.73 Å². The lowest BCUT2D eigenvalue weighted by Crippen LogP contribution is -2.47. The summed E-state index contributed by atoms with van der Waals surface area (Å²) in [6.45, 7) is 0.292. The molecule has 138 valence electrons. The van der Waals surface area contributed by atoms with Crippen LogP contribution in [0.5, 0.6) is 5.75 Å². The first-order valence-electron chi connectivity index (χ1n) is 7.35. The number of nitrogens with one attached hydrogen (secondary N) is 1. The van der Waals surface area contributed by atoms with E-state index in [0.29, 0.717) is 17.9 Å². The number of nitrogens with zero attached hydrogens (tertiary/aromatic N) is 1. The van der Waals surface area contributed by atoms with Crippen LogP contribution >= 0.6 is 0 Å². The smallest absolute Gasteiger partial charge is 0.269 e. The van der Waals surface area contributed by atoms with Crippen molar-refractivity contribution in [3.05, 3.63) is 33.9 Å². The number of hydrogen-bond donors (Lipinski definition) is 2. The molecule has 1 atom stereocenters. The fourth-order valence-corrected chi connectivity index (χ4v) is 2.02. The summed E-state index contributed by atoms with van der Waals surface area (Å²) >= 11 is 0. The van der Waals surface area contributed by atoms with Crippen LogP contribution in [-0.4, -0.2) is 56.8 Å². The second kappa shape index (κ2) is 10.2. The van der Waals surface area contributed by atoms with Crippen molar-refractivity contribution in [3.63, 3.8) is 0 Å². The number of methoxy groups -OCH3 is 2. The summed E-state index contributed by atoms with van der Waals surface area (Å²) in [5.41, 5.74) is 5.53. The topological polar surface area (TPSA) is 143 Å². The third-order valence-electron chi connectivity index (χ3n) is 3.24. The molecule has 0 bridgehead atoms. The zero-order chi connectivity index (χ0) is 18.8. The standard InChI is InChI=1S/C15H21N3O7/c1-23-5-6-25-9-14(19)17-12(15(16)20)8-10-7-11(18(21)22)3-4-13(10)24-2/h3-4,7,12H,5-6,8-9H2,1-2H3,(H2,16,20)(H,17,19)/t12-/m1/s1. The quantitative estimate of drug-likeness (QED) is 0.317. The van der Waals surface area contributed by atoms with E-state index in [1.165, 1.54) is 32.4 Å². The minimum atomic E-state index is -1.06. The number of benzene rings is 1. The Kier molecular flexibility index (Phi) is 8.30. The normalized spacial score (nSPS) is 11.6. The maximum absolute atomic E-state index is 11.8. The van der Waals surface area contributed by atoms with Crippen molar-refractivity contribution in [2.45, 2.75) is 12.5 Å². The Morgan fingerprint density at radius 1 is 1.32 bits per heavy atom. The minimum absolute atomic E-state index is 0.0516. The van der Waals surface area contributed by atoms with E-state index in [4.69, 9.17) is 19.9 Å². The molecule has 0 aromatic heterocycles. The number of nitro groups is 1. The number of nitro benzene ring substituents is 1. The monoisotopic (exact) mass is 355 g/mol. The SMILES string of the molecule is COCCOCC(=O)N[C@H](Cc1cc([N+](=O)[O-])ccc1OC)C(N)=O. The van der Waals surface area contributed by atoms with Gasteiger partial charge >= 0.3 is 0 Å². The summed E-state index contributed by atoms with van der Waals surface area (Å²) in [5.74, 6) is -0.967. The first-order valence-corrected chi connectivity index (χ1v) is 7.35. The average molecular weight is 355 g/mol. The zero-order valence-electron chi connectivity index (χ0n) is 14.0. The summed E-state index contributed by atoms with van der Waals surface area (Å²) in [7, 11) is 2.89. The van der Waals surface area contributed by atoms with Gasteiger partial charge in [-0.15, -0.1) is 0 Å². The molecule has 0 aliphatic rings. The van der Waals surface area contributed by atoms with Crippen LogP contribution in [0, 0.1) is 10.1 Å². The van der Waals surface area contributed by atoms with Gasteiger partial charge in [-0.25, -0.2) is 0 Å². The molecular weight excluding hydrogens is 334 g/mol. The van der Waals surface area contributed by atoms with Gasteiger partial charge in [-0.05, 0) is 6.07 Å². The molecule has 0 spiro atoms. The minimum Gasteiger partial charge on any atom is -0.496 e. The van der Waals surface area contributed by atoms with Gasteiger partial charge in [0.15, 0.2) is 0 Å². The van der Waals surface area contributed by atoms with Gasteiger partial charge in [0.2, 0.25) is 11.8 Å². The molecule has 0 aliphatic carbocycles. The van der Waals surface area contributed by atoms with E-state index in [-0.39, 0.29) is 25.3 Å². The van der Waals surface area contributed by atoms with Gasteiger partial charge in [0.25, 0.3) is 5.69 Å². The summed E-state index contributed by atoms with van der Waals surface area (Å²) in [6.07, 6.45) is -0.0516. The number of hydrogen-bond acceptors (Lipinski definition) is 7. The molecule has 0 saturated heterocycles. The van der Waals surface area contributed by atoms with Crippen LogP contribution in [-0.2, 0) is 25.5 Å². The van der Waals surface area contributed by atoms with Gasteiger partial charge in [-0.1, -0.05) is 0 Å². The number of primary amides is 1. The lowest BCUT2D eigenvalue weighted by molar-refractivity contribution is -0.384. The van der Waals surface area contributed by atoms with Crippen molar-refractivity contribution in [1.29, 1.82) is 0 Å². The number of non-ortho nitro benzene ring substituents is 1. The molecule has 0 radical (unpaired) electrons. The Morgan fingerprint density at radius 2 is 2.04 bits per heavy atom. The number of carbonyl (C=O) groups is 2. The van der Waals surface area contributed by atoms with Gasteiger partial charge in [0, 0.05) is 31.2 Å². The van der Waals surface area contributed by atoms with E-state index in [2.05, 4.69) is 5.32 Å². The molecule has 2 amide bonds. The van der Waals surface area contributed by atoms with E-state index in [9.17, 15) is 19.7 Å².